The van der Waals surface area contributed by atoms with Gasteiger partial charge in [0.1, 0.15) is 5.54 Å². The third-order valence-corrected chi connectivity index (χ3v) is 4.26. The summed E-state index contributed by atoms with van der Waals surface area (Å²) in [6, 6.07) is 0.740. The van der Waals surface area contributed by atoms with Crippen LogP contribution in [0.4, 0.5) is 0 Å². The highest BCUT2D eigenvalue weighted by atomic mass is 16.1. The molecule has 3 rings (SSSR count). The maximum absolute atomic E-state index is 11.7. The Kier molecular flexibility index (Phi) is 2.44. The van der Waals surface area contributed by atoms with Crippen molar-refractivity contribution in [2.24, 2.45) is 11.7 Å². The van der Waals surface area contributed by atoms with Gasteiger partial charge in [-0.2, -0.15) is 0 Å². The van der Waals surface area contributed by atoms with E-state index in [4.69, 9.17) is 5.73 Å². The van der Waals surface area contributed by atoms with Crippen molar-refractivity contribution in [3.8, 4) is 0 Å². The summed E-state index contributed by atoms with van der Waals surface area (Å²) in [5, 5.41) is 3.45. The molecule has 1 amide bonds. The van der Waals surface area contributed by atoms with Crippen LogP contribution >= 0.6 is 0 Å². The minimum atomic E-state index is -0.425. The molecule has 1 atom stereocenters. The van der Waals surface area contributed by atoms with Gasteiger partial charge in [-0.15, -0.1) is 0 Å². The summed E-state index contributed by atoms with van der Waals surface area (Å²) in [4.78, 5) is 14.1. The fourth-order valence-corrected chi connectivity index (χ4v) is 2.68. The van der Waals surface area contributed by atoms with Gasteiger partial charge in [-0.05, 0) is 44.6 Å². The highest BCUT2D eigenvalue weighted by Gasteiger charge is 2.47. The zero-order valence-electron chi connectivity index (χ0n) is 9.74. The second-order valence-corrected chi connectivity index (χ2v) is 5.72. The van der Waals surface area contributed by atoms with Gasteiger partial charge in [0.15, 0.2) is 0 Å². The summed E-state index contributed by atoms with van der Waals surface area (Å²) < 4.78 is 0. The molecular formula is C12H21N3O. The number of nitrogens with one attached hydrogen (secondary N) is 1. The molecule has 3 N–H and O–H groups in total. The molecule has 1 heterocycles. The van der Waals surface area contributed by atoms with E-state index in [1.807, 2.05) is 0 Å². The molecule has 4 heteroatoms. The molecule has 0 aromatic heterocycles. The van der Waals surface area contributed by atoms with Crippen molar-refractivity contribution in [1.82, 2.24) is 10.2 Å². The lowest BCUT2D eigenvalue weighted by Gasteiger charge is -2.27. The SMILES string of the molecule is NC(=O)C1(NCC2CC2)CCN(C2CC2)C1. The van der Waals surface area contributed by atoms with E-state index in [1.54, 1.807) is 0 Å². The molecule has 2 aliphatic carbocycles. The van der Waals surface area contributed by atoms with E-state index < -0.39 is 5.54 Å². The van der Waals surface area contributed by atoms with Crippen LogP contribution in [0.2, 0.25) is 0 Å². The molecule has 0 spiro atoms. The molecule has 2 saturated carbocycles. The van der Waals surface area contributed by atoms with Gasteiger partial charge in [-0.25, -0.2) is 0 Å². The lowest BCUT2D eigenvalue weighted by Crippen LogP contribution is -2.57. The first-order valence-electron chi connectivity index (χ1n) is 6.49. The van der Waals surface area contributed by atoms with Crippen molar-refractivity contribution < 1.29 is 4.79 Å². The lowest BCUT2D eigenvalue weighted by molar-refractivity contribution is -0.124. The van der Waals surface area contributed by atoms with Crippen LogP contribution in [0.3, 0.4) is 0 Å². The second-order valence-electron chi connectivity index (χ2n) is 5.72. The molecule has 3 fully saturated rings. The predicted molar refractivity (Wildman–Crippen MR) is 61.9 cm³/mol. The Labute approximate surface area is 96.5 Å². The van der Waals surface area contributed by atoms with E-state index in [0.29, 0.717) is 0 Å². The highest BCUT2D eigenvalue weighted by Crippen LogP contribution is 2.34. The number of nitrogens with two attached hydrogens (primary N) is 1. The summed E-state index contributed by atoms with van der Waals surface area (Å²) in [6.45, 7) is 2.84. The van der Waals surface area contributed by atoms with E-state index in [2.05, 4.69) is 10.2 Å². The number of likely N-dealkylation sites (tertiary alicyclic amines) is 1. The van der Waals surface area contributed by atoms with Gasteiger partial charge in [0.25, 0.3) is 0 Å². The normalized spacial score (nSPS) is 35.5. The highest BCUT2D eigenvalue weighted by molar-refractivity contribution is 5.85. The van der Waals surface area contributed by atoms with Crippen molar-refractivity contribution >= 4 is 5.91 Å². The zero-order valence-corrected chi connectivity index (χ0v) is 9.74. The van der Waals surface area contributed by atoms with Crippen LogP contribution in [0.15, 0.2) is 0 Å². The van der Waals surface area contributed by atoms with Crippen LogP contribution in [0, 0.1) is 5.92 Å². The standard InChI is InChI=1S/C12H21N3O/c13-11(16)12(14-7-9-1-2-9)5-6-15(8-12)10-3-4-10/h9-10,14H,1-8H2,(H2,13,16). The summed E-state index contributed by atoms with van der Waals surface area (Å²) in [7, 11) is 0. The van der Waals surface area contributed by atoms with Crippen molar-refractivity contribution in [1.29, 1.82) is 0 Å². The van der Waals surface area contributed by atoms with E-state index >= 15 is 0 Å². The molecule has 0 aromatic carbocycles. The average Bonchev–Trinajstić information content (AvgIpc) is 3.15. The molecule has 1 unspecified atom stereocenters. The summed E-state index contributed by atoms with van der Waals surface area (Å²) >= 11 is 0. The molecule has 0 bridgehead atoms. The van der Waals surface area contributed by atoms with E-state index in [1.165, 1.54) is 25.7 Å². The van der Waals surface area contributed by atoms with Crippen LogP contribution in [0.5, 0.6) is 0 Å². The number of carbonyl (C=O) groups excluding carboxylic acids is 1. The number of hydrogen-bond acceptors (Lipinski definition) is 3. The quantitative estimate of drug-likeness (QED) is 0.694. The molecule has 0 radical (unpaired) electrons. The second kappa shape index (κ2) is 3.70. The van der Waals surface area contributed by atoms with Crippen molar-refractivity contribution in [2.75, 3.05) is 19.6 Å². The van der Waals surface area contributed by atoms with Crippen LogP contribution < -0.4 is 11.1 Å². The van der Waals surface area contributed by atoms with Crippen molar-refractivity contribution in [3.63, 3.8) is 0 Å². The van der Waals surface area contributed by atoms with Crippen LogP contribution in [0.1, 0.15) is 32.1 Å². The summed E-state index contributed by atoms with van der Waals surface area (Å²) in [6.07, 6.45) is 6.13. The minimum absolute atomic E-state index is 0.156. The number of nitrogens with zero attached hydrogens (tertiary/aromatic N) is 1. The smallest absolute Gasteiger partial charge is 0.239 e. The van der Waals surface area contributed by atoms with E-state index in [-0.39, 0.29) is 5.91 Å². The predicted octanol–water partition coefficient (Wildman–Crippen LogP) is 0.0782. The Morgan fingerprint density at radius 3 is 2.69 bits per heavy atom. The Morgan fingerprint density at radius 1 is 1.38 bits per heavy atom. The largest absolute Gasteiger partial charge is 0.368 e. The molecule has 4 nitrogen and oxygen atoms in total. The number of carbonyl (C=O) groups is 1. The molecule has 16 heavy (non-hydrogen) atoms. The number of hydrogen-bond donors (Lipinski definition) is 2. The molecule has 90 valence electrons. The van der Waals surface area contributed by atoms with Gasteiger partial charge in [0, 0.05) is 19.1 Å². The molecule has 1 saturated heterocycles. The molecule has 0 aromatic rings. The van der Waals surface area contributed by atoms with E-state index in [9.17, 15) is 4.79 Å². The third kappa shape index (κ3) is 1.96. The monoisotopic (exact) mass is 223 g/mol. The van der Waals surface area contributed by atoms with Gasteiger partial charge in [0.2, 0.25) is 5.91 Å². The van der Waals surface area contributed by atoms with Crippen LogP contribution in [-0.4, -0.2) is 42.0 Å². The van der Waals surface area contributed by atoms with Crippen molar-refractivity contribution in [2.45, 2.75) is 43.7 Å². The lowest BCUT2D eigenvalue weighted by atomic mass is 9.97. The minimum Gasteiger partial charge on any atom is -0.368 e. The van der Waals surface area contributed by atoms with Gasteiger partial charge >= 0.3 is 0 Å². The summed E-state index contributed by atoms with van der Waals surface area (Å²) in [5.41, 5.74) is 5.17. The Bertz CT molecular complexity index is 299. The van der Waals surface area contributed by atoms with Crippen LogP contribution in [-0.2, 0) is 4.79 Å². The molecular weight excluding hydrogens is 202 g/mol. The number of amides is 1. The maximum Gasteiger partial charge on any atom is 0.239 e. The average molecular weight is 223 g/mol. The first kappa shape index (κ1) is 10.5. The van der Waals surface area contributed by atoms with Gasteiger partial charge in [-0.3, -0.25) is 9.69 Å². The first-order chi connectivity index (χ1) is 7.70. The van der Waals surface area contributed by atoms with E-state index in [0.717, 1.165) is 38.0 Å². The van der Waals surface area contributed by atoms with Crippen molar-refractivity contribution in [3.05, 3.63) is 0 Å². The van der Waals surface area contributed by atoms with Gasteiger partial charge in [-0.1, -0.05) is 0 Å². The number of primary amides is 1. The number of rotatable bonds is 5. The molecule has 3 aliphatic rings. The summed E-state index contributed by atoms with van der Waals surface area (Å²) in [5.74, 6) is 0.641. The fourth-order valence-electron chi connectivity index (χ4n) is 2.68. The first-order valence-corrected chi connectivity index (χ1v) is 6.49. The Balaban J connectivity index is 1.62. The molecule has 1 aliphatic heterocycles. The zero-order chi connectivity index (χ0) is 11.2. The third-order valence-electron chi connectivity index (χ3n) is 4.26. The van der Waals surface area contributed by atoms with Crippen LogP contribution in [0.25, 0.3) is 0 Å². The maximum atomic E-state index is 11.7. The van der Waals surface area contributed by atoms with Gasteiger partial charge in [0.05, 0.1) is 0 Å². The Morgan fingerprint density at radius 2 is 2.12 bits per heavy atom. The fraction of sp³-hybridized carbons (Fsp3) is 0.917. The van der Waals surface area contributed by atoms with Gasteiger partial charge < -0.3 is 11.1 Å². The topological polar surface area (TPSA) is 58.4 Å². The Hall–Kier alpha value is -0.610.